The van der Waals surface area contributed by atoms with Gasteiger partial charge in [0, 0.05) is 44.6 Å². The van der Waals surface area contributed by atoms with Gasteiger partial charge in [-0.05, 0) is 29.8 Å². The summed E-state index contributed by atoms with van der Waals surface area (Å²) in [5.41, 5.74) is 2.50. The van der Waals surface area contributed by atoms with Gasteiger partial charge in [-0.25, -0.2) is 22.8 Å². The first-order chi connectivity index (χ1) is 16.0. The van der Waals surface area contributed by atoms with Crippen LogP contribution in [-0.4, -0.2) is 55.5 Å². The fraction of sp³-hybridized carbons (Fsp3) is 0.333. The highest BCUT2D eigenvalue weighted by molar-refractivity contribution is 7.89. The van der Waals surface area contributed by atoms with Crippen molar-refractivity contribution in [3.8, 4) is 0 Å². The second-order valence-corrected chi connectivity index (χ2v) is 10.1. The Bertz CT molecular complexity index is 1250. The normalized spacial score (nSPS) is 17.1. The standard InChI is InChI=1S/C24H25FN4O3S/c25-19-6-4-5-18(15-19)16-23-26-22-9-10-29(33(30,31)20-7-2-1-3-8-20)17-21(22)24(27-23)28-11-13-32-14-12-28/h1-8,15H,9-14,16-17H2. The number of fused-ring (bicyclic) bond motifs is 1. The predicted molar refractivity (Wildman–Crippen MR) is 122 cm³/mol. The highest BCUT2D eigenvalue weighted by Crippen LogP contribution is 2.31. The Hall–Kier alpha value is -2.88. The molecule has 1 fully saturated rings. The molecule has 0 N–H and O–H groups in total. The number of morpholine rings is 1. The Kier molecular flexibility index (Phi) is 6.09. The van der Waals surface area contributed by atoms with E-state index in [1.165, 1.54) is 16.4 Å². The van der Waals surface area contributed by atoms with Crippen LogP contribution in [0.15, 0.2) is 59.5 Å². The highest BCUT2D eigenvalue weighted by atomic mass is 32.2. The molecule has 0 saturated carbocycles. The zero-order chi connectivity index (χ0) is 22.8. The van der Waals surface area contributed by atoms with Crippen molar-refractivity contribution in [2.45, 2.75) is 24.3 Å². The van der Waals surface area contributed by atoms with Crippen molar-refractivity contribution in [2.24, 2.45) is 0 Å². The number of ether oxygens (including phenoxy) is 1. The van der Waals surface area contributed by atoms with Gasteiger partial charge in [0.15, 0.2) is 0 Å². The van der Waals surface area contributed by atoms with Crippen molar-refractivity contribution in [1.29, 1.82) is 0 Å². The second kappa shape index (κ2) is 9.17. The van der Waals surface area contributed by atoms with Crippen LogP contribution in [0.1, 0.15) is 22.6 Å². The summed E-state index contributed by atoms with van der Waals surface area (Å²) in [6.07, 6.45) is 0.909. The number of halogens is 1. The first-order valence-corrected chi connectivity index (χ1v) is 12.5. The minimum absolute atomic E-state index is 0.222. The lowest BCUT2D eigenvalue weighted by molar-refractivity contribution is 0.122. The Morgan fingerprint density at radius 3 is 2.52 bits per heavy atom. The van der Waals surface area contributed by atoms with E-state index >= 15 is 0 Å². The molecule has 7 nitrogen and oxygen atoms in total. The summed E-state index contributed by atoms with van der Waals surface area (Å²) >= 11 is 0. The molecule has 2 aliphatic rings. The number of nitrogens with zero attached hydrogens (tertiary/aromatic N) is 4. The summed E-state index contributed by atoms with van der Waals surface area (Å²) in [5.74, 6) is 1.07. The minimum Gasteiger partial charge on any atom is -0.378 e. The number of hydrogen-bond donors (Lipinski definition) is 0. The van der Waals surface area contributed by atoms with Gasteiger partial charge in [0.2, 0.25) is 10.0 Å². The Morgan fingerprint density at radius 1 is 0.970 bits per heavy atom. The van der Waals surface area contributed by atoms with Gasteiger partial charge >= 0.3 is 0 Å². The molecule has 5 rings (SSSR count). The molecule has 33 heavy (non-hydrogen) atoms. The molecular formula is C24H25FN4O3S. The first-order valence-electron chi connectivity index (χ1n) is 11.0. The number of anilines is 1. The van der Waals surface area contributed by atoms with Crippen LogP contribution >= 0.6 is 0 Å². The number of rotatable bonds is 5. The molecule has 0 spiro atoms. The summed E-state index contributed by atoms with van der Waals surface area (Å²) < 4.78 is 47.2. The number of hydrogen-bond acceptors (Lipinski definition) is 6. The molecule has 9 heteroatoms. The predicted octanol–water partition coefficient (Wildman–Crippen LogP) is 2.79. The fourth-order valence-electron chi connectivity index (χ4n) is 4.31. The number of sulfonamides is 1. The van der Waals surface area contributed by atoms with E-state index < -0.39 is 10.0 Å². The summed E-state index contributed by atoms with van der Waals surface area (Å²) in [4.78, 5) is 12.0. The third-order valence-corrected chi connectivity index (χ3v) is 7.85. The quantitative estimate of drug-likeness (QED) is 0.573. The van der Waals surface area contributed by atoms with E-state index in [2.05, 4.69) is 4.90 Å². The van der Waals surface area contributed by atoms with Gasteiger partial charge in [-0.15, -0.1) is 0 Å². The Balaban J connectivity index is 1.51. The van der Waals surface area contributed by atoms with Crippen LogP contribution in [0.4, 0.5) is 10.2 Å². The second-order valence-electron chi connectivity index (χ2n) is 8.20. The molecule has 2 aromatic carbocycles. The van der Waals surface area contributed by atoms with Crippen molar-refractivity contribution in [1.82, 2.24) is 14.3 Å². The number of benzene rings is 2. The van der Waals surface area contributed by atoms with Gasteiger partial charge in [-0.1, -0.05) is 30.3 Å². The molecule has 0 aliphatic carbocycles. The molecule has 0 unspecified atom stereocenters. The SMILES string of the molecule is O=S(=O)(c1ccccc1)N1CCc2nc(Cc3cccc(F)c3)nc(N3CCOCC3)c2C1. The molecule has 0 bridgehead atoms. The summed E-state index contributed by atoms with van der Waals surface area (Å²) in [5, 5.41) is 0. The van der Waals surface area contributed by atoms with Gasteiger partial charge in [0.05, 0.1) is 23.8 Å². The lowest BCUT2D eigenvalue weighted by Crippen LogP contribution is -2.41. The molecule has 3 aromatic rings. The highest BCUT2D eigenvalue weighted by Gasteiger charge is 2.32. The monoisotopic (exact) mass is 468 g/mol. The van der Waals surface area contributed by atoms with E-state index in [4.69, 9.17) is 14.7 Å². The molecule has 1 aromatic heterocycles. The molecule has 3 heterocycles. The molecule has 0 amide bonds. The van der Waals surface area contributed by atoms with E-state index in [0.29, 0.717) is 51.5 Å². The van der Waals surface area contributed by atoms with Crippen LogP contribution in [0, 0.1) is 5.82 Å². The van der Waals surface area contributed by atoms with Crippen LogP contribution in [0.5, 0.6) is 0 Å². The molecule has 0 atom stereocenters. The maximum absolute atomic E-state index is 13.7. The van der Waals surface area contributed by atoms with Crippen LogP contribution in [0.3, 0.4) is 0 Å². The van der Waals surface area contributed by atoms with Gasteiger partial charge in [0.25, 0.3) is 0 Å². The Morgan fingerprint density at radius 2 is 1.76 bits per heavy atom. The van der Waals surface area contributed by atoms with Crippen LogP contribution in [0.2, 0.25) is 0 Å². The molecular weight excluding hydrogens is 443 g/mol. The van der Waals surface area contributed by atoms with E-state index in [1.54, 1.807) is 36.4 Å². The summed E-state index contributed by atoms with van der Waals surface area (Å²) in [6, 6.07) is 14.9. The lowest BCUT2D eigenvalue weighted by atomic mass is 10.1. The van der Waals surface area contributed by atoms with Crippen molar-refractivity contribution in [3.63, 3.8) is 0 Å². The average molecular weight is 469 g/mol. The van der Waals surface area contributed by atoms with E-state index in [1.807, 2.05) is 6.07 Å². The largest absolute Gasteiger partial charge is 0.378 e. The molecule has 2 aliphatic heterocycles. The average Bonchev–Trinajstić information content (AvgIpc) is 2.84. The van der Waals surface area contributed by atoms with Gasteiger partial charge in [-0.3, -0.25) is 0 Å². The van der Waals surface area contributed by atoms with Crippen molar-refractivity contribution in [2.75, 3.05) is 37.7 Å². The molecule has 1 saturated heterocycles. The van der Waals surface area contributed by atoms with Crippen molar-refractivity contribution >= 4 is 15.8 Å². The van der Waals surface area contributed by atoms with E-state index in [0.717, 1.165) is 22.6 Å². The zero-order valence-electron chi connectivity index (χ0n) is 18.2. The maximum Gasteiger partial charge on any atom is 0.243 e. The van der Waals surface area contributed by atoms with E-state index in [9.17, 15) is 12.8 Å². The van der Waals surface area contributed by atoms with Gasteiger partial charge < -0.3 is 9.64 Å². The first kappa shape index (κ1) is 21.9. The Labute approximate surface area is 192 Å². The summed E-state index contributed by atoms with van der Waals surface area (Å²) in [7, 11) is -3.62. The fourth-order valence-corrected chi connectivity index (χ4v) is 5.74. The molecule has 172 valence electrons. The smallest absolute Gasteiger partial charge is 0.243 e. The maximum atomic E-state index is 13.7. The van der Waals surface area contributed by atoms with Crippen molar-refractivity contribution < 1.29 is 17.5 Å². The van der Waals surface area contributed by atoms with Gasteiger partial charge in [0.1, 0.15) is 17.5 Å². The minimum atomic E-state index is -3.62. The third kappa shape index (κ3) is 4.62. The van der Waals surface area contributed by atoms with Crippen molar-refractivity contribution in [3.05, 3.63) is 83.1 Å². The lowest BCUT2D eigenvalue weighted by Gasteiger charge is -2.34. The van der Waals surface area contributed by atoms with Gasteiger partial charge in [-0.2, -0.15) is 4.31 Å². The van der Waals surface area contributed by atoms with E-state index in [-0.39, 0.29) is 17.3 Å². The van der Waals surface area contributed by atoms with Crippen LogP contribution in [-0.2, 0) is 34.1 Å². The topological polar surface area (TPSA) is 75.6 Å². The molecule has 0 radical (unpaired) electrons. The zero-order valence-corrected chi connectivity index (χ0v) is 19.0. The van der Waals surface area contributed by atoms with Crippen LogP contribution < -0.4 is 4.90 Å². The third-order valence-electron chi connectivity index (χ3n) is 5.99. The number of aromatic nitrogens is 2. The van der Waals surface area contributed by atoms with Crippen LogP contribution in [0.25, 0.3) is 0 Å². The summed E-state index contributed by atoms with van der Waals surface area (Å²) in [6.45, 7) is 3.10.